The first-order valence-electron chi connectivity index (χ1n) is 5.06. The molecule has 1 aromatic heterocycles. The lowest BCUT2D eigenvalue weighted by atomic mass is 10.2. The molecule has 98 valence electrons. The lowest BCUT2D eigenvalue weighted by molar-refractivity contribution is 0.102. The molecule has 0 saturated carbocycles. The summed E-state index contributed by atoms with van der Waals surface area (Å²) in [6.45, 7) is 0. The maximum absolute atomic E-state index is 13.2. The molecule has 0 aliphatic heterocycles. The molecule has 0 unspecified atom stereocenters. The van der Waals surface area contributed by atoms with Crippen molar-refractivity contribution < 1.29 is 22.4 Å². The zero-order chi connectivity index (χ0) is 14.0. The maximum atomic E-state index is 13.2. The highest BCUT2D eigenvalue weighted by molar-refractivity contribution is 6.04. The summed E-state index contributed by atoms with van der Waals surface area (Å²) in [7, 11) is 0. The van der Waals surface area contributed by atoms with Gasteiger partial charge in [0.15, 0.2) is 11.6 Å². The van der Waals surface area contributed by atoms with Gasteiger partial charge in [0, 0.05) is 5.56 Å². The minimum absolute atomic E-state index is 0.206. The number of hydrogen-bond donors (Lipinski definition) is 1. The average molecular weight is 270 g/mol. The van der Waals surface area contributed by atoms with Crippen molar-refractivity contribution in [3.05, 3.63) is 59.4 Å². The van der Waals surface area contributed by atoms with Crippen LogP contribution in [0.3, 0.4) is 0 Å². The average Bonchev–Trinajstić information content (AvgIpc) is 2.36. The van der Waals surface area contributed by atoms with Gasteiger partial charge in [-0.3, -0.25) is 4.79 Å². The van der Waals surface area contributed by atoms with Crippen LogP contribution < -0.4 is 5.32 Å². The predicted octanol–water partition coefficient (Wildman–Crippen LogP) is 2.89. The monoisotopic (exact) mass is 270 g/mol. The number of pyridine rings is 1. The van der Waals surface area contributed by atoms with Crippen LogP contribution in [0.25, 0.3) is 0 Å². The van der Waals surface area contributed by atoms with Gasteiger partial charge in [-0.1, -0.05) is 0 Å². The Hall–Kier alpha value is -2.44. The van der Waals surface area contributed by atoms with Gasteiger partial charge in [-0.15, -0.1) is 0 Å². The summed E-state index contributed by atoms with van der Waals surface area (Å²) in [6, 6.07) is 4.28. The van der Waals surface area contributed by atoms with Crippen molar-refractivity contribution in [1.29, 1.82) is 0 Å². The van der Waals surface area contributed by atoms with Crippen molar-refractivity contribution in [1.82, 2.24) is 4.98 Å². The van der Waals surface area contributed by atoms with E-state index in [1.165, 1.54) is 0 Å². The van der Waals surface area contributed by atoms with Crippen molar-refractivity contribution in [3.8, 4) is 0 Å². The van der Waals surface area contributed by atoms with Gasteiger partial charge in [0.1, 0.15) is 0 Å². The van der Waals surface area contributed by atoms with Gasteiger partial charge >= 0.3 is 0 Å². The molecule has 0 atom stereocenters. The van der Waals surface area contributed by atoms with Crippen LogP contribution in [0.15, 0.2) is 30.3 Å². The molecule has 19 heavy (non-hydrogen) atoms. The van der Waals surface area contributed by atoms with Crippen LogP contribution in [0.1, 0.15) is 10.4 Å². The Bertz CT molecular complexity index is 646. The van der Waals surface area contributed by atoms with Gasteiger partial charge in [0.2, 0.25) is 11.9 Å². The van der Waals surface area contributed by atoms with E-state index < -0.39 is 29.4 Å². The fourth-order valence-corrected chi connectivity index (χ4v) is 1.34. The standard InChI is InChI=1S/C12H6F4N2O/c13-7-2-1-6(5-8(7)14)12(19)17-9-3-4-10(15)18-11(9)16/h1-5H,(H,17,19). The van der Waals surface area contributed by atoms with E-state index >= 15 is 0 Å². The van der Waals surface area contributed by atoms with Gasteiger partial charge in [0.05, 0.1) is 5.69 Å². The summed E-state index contributed by atoms with van der Waals surface area (Å²) in [6.07, 6.45) is 0. The first kappa shape index (κ1) is 13.0. The number of anilines is 1. The predicted molar refractivity (Wildman–Crippen MR) is 58.5 cm³/mol. The van der Waals surface area contributed by atoms with Crippen LogP contribution in [0.4, 0.5) is 23.2 Å². The van der Waals surface area contributed by atoms with Crippen LogP contribution >= 0.6 is 0 Å². The topological polar surface area (TPSA) is 42.0 Å². The second-order valence-electron chi connectivity index (χ2n) is 3.56. The summed E-state index contributed by atoms with van der Waals surface area (Å²) in [5, 5.41) is 2.07. The summed E-state index contributed by atoms with van der Waals surface area (Å²) in [5.41, 5.74) is -0.571. The summed E-state index contributed by atoms with van der Waals surface area (Å²) >= 11 is 0. The fraction of sp³-hybridized carbons (Fsp3) is 0. The molecule has 0 saturated heterocycles. The number of nitrogens with zero attached hydrogens (tertiary/aromatic N) is 1. The fourth-order valence-electron chi connectivity index (χ4n) is 1.34. The zero-order valence-corrected chi connectivity index (χ0v) is 9.25. The highest BCUT2D eigenvalue weighted by Gasteiger charge is 2.13. The Balaban J connectivity index is 2.23. The second-order valence-corrected chi connectivity index (χ2v) is 3.56. The first-order valence-corrected chi connectivity index (χ1v) is 5.06. The van der Waals surface area contributed by atoms with Gasteiger partial charge in [-0.05, 0) is 30.3 Å². The highest BCUT2D eigenvalue weighted by atomic mass is 19.2. The van der Waals surface area contributed by atoms with E-state index in [-0.39, 0.29) is 11.3 Å². The number of hydrogen-bond acceptors (Lipinski definition) is 2. The van der Waals surface area contributed by atoms with Gasteiger partial charge in [-0.2, -0.15) is 13.8 Å². The van der Waals surface area contributed by atoms with Crippen molar-refractivity contribution >= 4 is 11.6 Å². The molecular weight excluding hydrogens is 264 g/mol. The van der Waals surface area contributed by atoms with E-state index in [4.69, 9.17) is 0 Å². The molecule has 3 nitrogen and oxygen atoms in total. The Morgan fingerprint density at radius 1 is 1.00 bits per heavy atom. The molecule has 0 aliphatic carbocycles. The third-order valence-corrected chi connectivity index (χ3v) is 2.24. The number of amides is 1. The normalized spacial score (nSPS) is 10.3. The number of carbonyl (C=O) groups excluding carboxylic acids is 1. The Labute approximate surface area is 104 Å². The molecule has 0 bridgehead atoms. The van der Waals surface area contributed by atoms with Crippen LogP contribution in [0.2, 0.25) is 0 Å². The number of rotatable bonds is 2. The largest absolute Gasteiger partial charge is 0.318 e. The van der Waals surface area contributed by atoms with E-state index in [9.17, 15) is 22.4 Å². The van der Waals surface area contributed by atoms with Crippen LogP contribution in [-0.4, -0.2) is 10.9 Å². The third kappa shape index (κ3) is 2.87. The second kappa shape index (κ2) is 5.05. The summed E-state index contributed by atoms with van der Waals surface area (Å²) < 4.78 is 51.3. The molecule has 0 radical (unpaired) electrons. The minimum Gasteiger partial charge on any atom is -0.318 e. The lowest BCUT2D eigenvalue weighted by Gasteiger charge is -2.06. The number of halogens is 4. The molecule has 2 aromatic rings. The minimum atomic E-state index is -1.21. The van der Waals surface area contributed by atoms with Crippen LogP contribution in [0, 0.1) is 23.5 Å². The van der Waals surface area contributed by atoms with Crippen molar-refractivity contribution in [2.45, 2.75) is 0 Å². The molecule has 7 heteroatoms. The maximum Gasteiger partial charge on any atom is 0.255 e. The van der Waals surface area contributed by atoms with E-state index in [0.717, 1.165) is 24.3 Å². The number of aromatic nitrogens is 1. The zero-order valence-electron chi connectivity index (χ0n) is 9.25. The molecular formula is C12H6F4N2O. The molecule has 0 fully saturated rings. The first-order chi connectivity index (χ1) is 8.97. The van der Waals surface area contributed by atoms with Gasteiger partial charge in [0.25, 0.3) is 5.91 Å². The molecule has 1 heterocycles. The molecule has 1 amide bonds. The Kier molecular flexibility index (Phi) is 3.46. The molecule has 0 spiro atoms. The highest BCUT2D eigenvalue weighted by Crippen LogP contribution is 2.14. The van der Waals surface area contributed by atoms with Crippen LogP contribution in [0.5, 0.6) is 0 Å². The lowest BCUT2D eigenvalue weighted by Crippen LogP contribution is -2.14. The van der Waals surface area contributed by atoms with Crippen molar-refractivity contribution in [2.24, 2.45) is 0 Å². The Morgan fingerprint density at radius 3 is 2.37 bits per heavy atom. The molecule has 2 rings (SSSR count). The SMILES string of the molecule is O=C(Nc1ccc(F)nc1F)c1ccc(F)c(F)c1. The van der Waals surface area contributed by atoms with Gasteiger partial charge < -0.3 is 5.32 Å². The molecule has 1 aromatic carbocycles. The van der Waals surface area contributed by atoms with E-state index in [1.807, 2.05) is 0 Å². The van der Waals surface area contributed by atoms with Gasteiger partial charge in [-0.25, -0.2) is 8.78 Å². The molecule has 0 aliphatic rings. The van der Waals surface area contributed by atoms with Crippen molar-refractivity contribution in [3.63, 3.8) is 0 Å². The Morgan fingerprint density at radius 2 is 1.74 bits per heavy atom. The summed E-state index contributed by atoms with van der Waals surface area (Å²) in [4.78, 5) is 14.5. The number of carbonyl (C=O) groups is 1. The number of nitrogens with one attached hydrogen (secondary N) is 1. The van der Waals surface area contributed by atoms with E-state index in [1.54, 1.807) is 0 Å². The van der Waals surface area contributed by atoms with E-state index in [2.05, 4.69) is 10.3 Å². The third-order valence-electron chi connectivity index (χ3n) is 2.24. The molecule has 1 N–H and O–H groups in total. The smallest absolute Gasteiger partial charge is 0.255 e. The quantitative estimate of drug-likeness (QED) is 0.673. The van der Waals surface area contributed by atoms with Crippen LogP contribution in [-0.2, 0) is 0 Å². The summed E-state index contributed by atoms with van der Waals surface area (Å²) in [5.74, 6) is -5.43. The number of benzene rings is 1. The van der Waals surface area contributed by atoms with E-state index in [0.29, 0.717) is 6.07 Å². The van der Waals surface area contributed by atoms with Crippen molar-refractivity contribution in [2.75, 3.05) is 5.32 Å².